The molecule has 1 aromatic heterocycles. The van der Waals surface area contributed by atoms with Crippen molar-refractivity contribution in [3.63, 3.8) is 0 Å². The second-order valence-electron chi connectivity index (χ2n) is 15.6. The molecule has 0 fully saturated rings. The third-order valence-corrected chi connectivity index (χ3v) is 10.1. The van der Waals surface area contributed by atoms with Gasteiger partial charge in [-0.3, -0.25) is 25.8 Å². The maximum Gasteiger partial charge on any atom is 0.185 e. The highest BCUT2D eigenvalue weighted by atomic mass is 16.5. The van der Waals surface area contributed by atoms with Crippen molar-refractivity contribution in [1.82, 2.24) is 4.57 Å². The summed E-state index contributed by atoms with van der Waals surface area (Å²) >= 11 is 0. The van der Waals surface area contributed by atoms with E-state index in [0.717, 1.165) is 76.2 Å². The van der Waals surface area contributed by atoms with Crippen LogP contribution in [0.5, 0.6) is 23.0 Å². The Hall–Kier alpha value is -7.17. The van der Waals surface area contributed by atoms with Crippen molar-refractivity contribution in [3.05, 3.63) is 72.8 Å². The average Bonchev–Trinajstić information content (AvgIpc) is 3.56. The average molecular weight is 876 g/mol. The summed E-state index contributed by atoms with van der Waals surface area (Å²) in [7, 11) is 0. The number of ether oxygens (including phenoxy) is 4. The number of aryl methyl sites for hydroxylation is 1. The van der Waals surface area contributed by atoms with E-state index in [1.165, 1.54) is 0 Å². The number of benzene rings is 4. The highest BCUT2D eigenvalue weighted by Gasteiger charge is 2.16. The van der Waals surface area contributed by atoms with Gasteiger partial charge in [-0.1, -0.05) is 12.1 Å². The second kappa shape index (κ2) is 24.5. The first kappa shape index (κ1) is 47.9. The van der Waals surface area contributed by atoms with Gasteiger partial charge in [0, 0.05) is 85.8 Å². The fourth-order valence-electron chi connectivity index (χ4n) is 7.14. The van der Waals surface area contributed by atoms with Crippen LogP contribution in [0.15, 0.2) is 87.8 Å². The number of amidine groups is 3. The first-order valence-electron chi connectivity index (χ1n) is 21.8. The van der Waals surface area contributed by atoms with Crippen LogP contribution in [0.2, 0.25) is 0 Å². The molecule has 0 amide bonds. The summed E-state index contributed by atoms with van der Waals surface area (Å²) in [4.78, 5) is 12.6. The predicted octanol–water partition coefficient (Wildman–Crippen LogP) is 5.95. The molecule has 0 atom stereocenters. The molecule has 17 heteroatoms. The maximum atomic E-state index is 7.55. The molecule has 0 aliphatic heterocycles. The molecule has 0 unspecified atom stereocenters. The van der Waals surface area contributed by atoms with Gasteiger partial charge in [-0.25, -0.2) is 0 Å². The Morgan fingerprint density at radius 3 is 1.25 bits per heavy atom. The van der Waals surface area contributed by atoms with Gasteiger partial charge < -0.3 is 63.7 Å². The van der Waals surface area contributed by atoms with E-state index in [2.05, 4.69) is 55.9 Å². The minimum Gasteiger partial charge on any atom is -0.493 e. The van der Waals surface area contributed by atoms with E-state index < -0.39 is 0 Å². The van der Waals surface area contributed by atoms with Gasteiger partial charge in [-0.2, -0.15) is 0 Å². The van der Waals surface area contributed by atoms with Crippen LogP contribution in [-0.2, 0) is 6.54 Å². The van der Waals surface area contributed by atoms with Gasteiger partial charge in [0.05, 0.1) is 43.9 Å². The van der Waals surface area contributed by atoms with Crippen LogP contribution in [0.25, 0.3) is 44.1 Å². The Labute approximate surface area is 375 Å². The Balaban J connectivity index is 1.54. The Morgan fingerprint density at radius 1 is 0.469 bits per heavy atom. The number of hydrogen-bond acceptors (Lipinski definition) is 9. The smallest absolute Gasteiger partial charge is 0.185 e. The van der Waals surface area contributed by atoms with Crippen LogP contribution in [0, 0.1) is 10.8 Å². The fraction of sp³-hybridized carbons (Fsp3) is 0.383. The zero-order chi connectivity index (χ0) is 45.8. The second-order valence-corrected chi connectivity index (χ2v) is 15.6. The monoisotopic (exact) mass is 876 g/mol. The molecule has 16 N–H and O–H groups in total. The zero-order valence-corrected chi connectivity index (χ0v) is 36.9. The van der Waals surface area contributed by atoms with Crippen molar-refractivity contribution in [2.75, 3.05) is 46.1 Å². The molecular formula is C47H65N13O4. The highest BCUT2D eigenvalue weighted by Crippen LogP contribution is 2.39. The molecule has 0 radical (unpaired) electrons. The molecule has 0 spiro atoms. The Bertz CT molecular complexity index is 2280. The van der Waals surface area contributed by atoms with E-state index in [1.54, 1.807) is 6.92 Å². The number of unbranched alkanes of at least 4 members (excludes halogenated alkanes) is 2. The largest absolute Gasteiger partial charge is 0.493 e. The standard InChI is InChI=1S/C47H65N13O4/c1-31(48)57-16-7-21-63-38-25-34(23-36(29-38)61-19-4-2-9-44(49)50)32-11-13-42-40(27-32)41-28-33(12-14-43(41)60(42)18-6-15-58-46(53)54)35-24-37(62-20-5-3-10-45(51)52)30-39(26-35)64-22-8-17-59-47(55)56/h11-14,23-30H,2-10,15-22H2,1H3,(H2,48,57)(H3,49,50)(H3,51,52)(H4,53,54,58)(H4,55,56,59). The minimum atomic E-state index is 0.0470. The van der Waals surface area contributed by atoms with Gasteiger partial charge in [0.1, 0.15) is 23.0 Å². The lowest BCUT2D eigenvalue weighted by Crippen LogP contribution is -2.23. The molecule has 0 saturated heterocycles. The summed E-state index contributed by atoms with van der Waals surface area (Å²) in [6.45, 7) is 5.81. The van der Waals surface area contributed by atoms with Crippen molar-refractivity contribution < 1.29 is 18.9 Å². The van der Waals surface area contributed by atoms with E-state index in [4.69, 9.17) is 69.9 Å². The summed E-state index contributed by atoms with van der Waals surface area (Å²) in [5.74, 6) is 3.70. The van der Waals surface area contributed by atoms with E-state index >= 15 is 0 Å². The Kier molecular flexibility index (Phi) is 18.3. The summed E-state index contributed by atoms with van der Waals surface area (Å²) in [6, 6.07) is 24.9. The zero-order valence-electron chi connectivity index (χ0n) is 36.9. The lowest BCUT2D eigenvalue weighted by Gasteiger charge is -2.13. The molecule has 0 bridgehead atoms. The van der Waals surface area contributed by atoms with Crippen molar-refractivity contribution in [2.45, 2.75) is 71.3 Å². The first-order chi connectivity index (χ1) is 30.9. The topological polar surface area (TPSA) is 309 Å². The normalized spacial score (nSPS) is 11.4. The van der Waals surface area contributed by atoms with E-state index in [9.17, 15) is 0 Å². The number of aliphatic imine (C=N–C) groups is 3. The van der Waals surface area contributed by atoms with E-state index in [0.29, 0.717) is 107 Å². The molecule has 5 rings (SSSR count). The van der Waals surface area contributed by atoms with Gasteiger partial charge >= 0.3 is 0 Å². The third kappa shape index (κ3) is 15.3. The number of nitrogens with two attached hydrogens (primary N) is 7. The minimum absolute atomic E-state index is 0.0470. The first-order valence-corrected chi connectivity index (χ1v) is 21.8. The molecular weight excluding hydrogens is 811 g/mol. The molecule has 0 aliphatic rings. The summed E-state index contributed by atoms with van der Waals surface area (Å²) in [6.07, 6.45) is 6.18. The van der Waals surface area contributed by atoms with Crippen molar-refractivity contribution in [2.24, 2.45) is 55.1 Å². The number of fused-ring (bicyclic) bond motifs is 3. The van der Waals surface area contributed by atoms with Crippen LogP contribution >= 0.6 is 0 Å². The molecule has 0 saturated carbocycles. The number of guanidine groups is 2. The number of aromatic nitrogens is 1. The van der Waals surface area contributed by atoms with E-state index in [1.807, 2.05) is 36.4 Å². The predicted molar refractivity (Wildman–Crippen MR) is 261 cm³/mol. The maximum absolute atomic E-state index is 7.55. The lowest BCUT2D eigenvalue weighted by atomic mass is 9.99. The molecule has 4 aromatic carbocycles. The van der Waals surface area contributed by atoms with Crippen LogP contribution in [-0.4, -0.2) is 80.1 Å². The van der Waals surface area contributed by atoms with Crippen molar-refractivity contribution >= 4 is 51.2 Å². The quantitative estimate of drug-likeness (QED) is 0.0161. The molecule has 17 nitrogen and oxygen atoms in total. The molecule has 5 aromatic rings. The molecule has 0 aliphatic carbocycles. The number of hydrogen-bond donors (Lipinski definition) is 9. The van der Waals surface area contributed by atoms with Gasteiger partial charge in [-0.15, -0.1) is 0 Å². The van der Waals surface area contributed by atoms with Crippen molar-refractivity contribution in [1.29, 1.82) is 10.8 Å². The molecule has 342 valence electrons. The number of nitrogens with one attached hydrogen (secondary N) is 2. The third-order valence-electron chi connectivity index (χ3n) is 10.1. The number of nitrogens with zero attached hydrogens (tertiary/aromatic N) is 4. The molecule has 64 heavy (non-hydrogen) atoms. The van der Waals surface area contributed by atoms with Gasteiger partial charge in [0.2, 0.25) is 0 Å². The van der Waals surface area contributed by atoms with Crippen LogP contribution in [0.3, 0.4) is 0 Å². The lowest BCUT2D eigenvalue weighted by molar-refractivity contribution is 0.295. The molecule has 1 heterocycles. The van der Waals surface area contributed by atoms with Crippen LogP contribution < -0.4 is 59.1 Å². The Morgan fingerprint density at radius 2 is 0.859 bits per heavy atom. The summed E-state index contributed by atoms with van der Waals surface area (Å²) in [5.41, 5.74) is 45.2. The summed E-state index contributed by atoms with van der Waals surface area (Å²) < 4.78 is 27.2. The van der Waals surface area contributed by atoms with Gasteiger partial charge in [-0.05, 0) is 110 Å². The van der Waals surface area contributed by atoms with Crippen LogP contribution in [0.1, 0.15) is 64.7 Å². The summed E-state index contributed by atoms with van der Waals surface area (Å²) in [5, 5.41) is 17.2. The number of rotatable bonds is 28. The van der Waals surface area contributed by atoms with Gasteiger partial charge in [0.25, 0.3) is 0 Å². The van der Waals surface area contributed by atoms with E-state index in [-0.39, 0.29) is 23.6 Å². The SMILES string of the molecule is CC(N)=NCCCOc1cc(OCCCCC(=N)N)cc(-c2ccc3c(c2)c2cc(-c4cc(OCCCCC(=N)N)cc(OCCCN=C(N)N)c4)ccc2n3CCCN=C(N)N)c1. The highest BCUT2D eigenvalue weighted by molar-refractivity contribution is 6.10. The van der Waals surface area contributed by atoms with Crippen LogP contribution in [0.4, 0.5) is 0 Å². The van der Waals surface area contributed by atoms with Gasteiger partial charge in [0.15, 0.2) is 11.9 Å². The van der Waals surface area contributed by atoms with Crippen molar-refractivity contribution in [3.8, 4) is 45.3 Å². The fourth-order valence-corrected chi connectivity index (χ4v) is 7.14.